The first kappa shape index (κ1) is 13.9. The highest BCUT2D eigenvalue weighted by molar-refractivity contribution is 6.02. The van der Waals surface area contributed by atoms with Crippen LogP contribution in [0, 0.1) is 6.92 Å². The molecule has 0 spiro atoms. The second-order valence-electron chi connectivity index (χ2n) is 4.09. The molecule has 0 saturated heterocycles. The van der Waals surface area contributed by atoms with Gasteiger partial charge in [0.1, 0.15) is 0 Å². The first-order chi connectivity index (χ1) is 9.27. The van der Waals surface area contributed by atoms with E-state index in [2.05, 4.69) is 10.5 Å². The van der Waals surface area contributed by atoms with E-state index in [1.807, 2.05) is 0 Å². The van der Waals surface area contributed by atoms with Crippen LogP contribution in [-0.4, -0.2) is 11.1 Å². The molecule has 1 aromatic carbocycles. The predicted octanol–water partition coefficient (Wildman–Crippen LogP) is 2.84. The molecule has 0 aliphatic heterocycles. The third kappa shape index (κ3) is 2.90. The lowest BCUT2D eigenvalue weighted by Gasteiger charge is -2.11. The topological polar surface area (TPSA) is 81.2 Å². The summed E-state index contributed by atoms with van der Waals surface area (Å²) in [5.41, 5.74) is 4.29. The molecule has 0 radical (unpaired) electrons. The molecule has 0 bridgehead atoms. The summed E-state index contributed by atoms with van der Waals surface area (Å²) in [6.45, 7) is 1.62. The average Bonchev–Trinajstić information content (AvgIpc) is 2.77. The van der Waals surface area contributed by atoms with Crippen molar-refractivity contribution in [3.8, 4) is 0 Å². The zero-order valence-corrected chi connectivity index (χ0v) is 10.3. The van der Waals surface area contributed by atoms with E-state index in [0.717, 1.165) is 12.1 Å². The number of amides is 1. The van der Waals surface area contributed by atoms with Gasteiger partial charge >= 0.3 is 6.18 Å². The fourth-order valence-electron chi connectivity index (χ4n) is 1.54. The Morgan fingerprint density at radius 3 is 2.60 bits per heavy atom. The molecule has 2 rings (SSSR count). The molecular weight excluding hydrogens is 275 g/mol. The van der Waals surface area contributed by atoms with E-state index in [-0.39, 0.29) is 11.4 Å². The average molecular weight is 285 g/mol. The molecule has 1 heterocycles. The Bertz CT molecular complexity index is 650. The Kier molecular flexibility index (Phi) is 3.39. The molecule has 3 N–H and O–H groups in total. The molecule has 2 aromatic rings. The van der Waals surface area contributed by atoms with E-state index in [0.29, 0.717) is 5.69 Å². The second kappa shape index (κ2) is 4.87. The number of hydrogen-bond acceptors (Lipinski definition) is 4. The Labute approximate surface area is 111 Å². The maximum absolute atomic E-state index is 12.7. The number of aryl methyl sites for hydroxylation is 1. The minimum Gasteiger partial charge on any atom is -0.398 e. The van der Waals surface area contributed by atoms with Crippen molar-refractivity contribution in [3.05, 3.63) is 41.3 Å². The van der Waals surface area contributed by atoms with Gasteiger partial charge in [-0.2, -0.15) is 13.2 Å². The van der Waals surface area contributed by atoms with Gasteiger partial charge in [-0.1, -0.05) is 5.16 Å². The van der Waals surface area contributed by atoms with Crippen molar-refractivity contribution < 1.29 is 22.5 Å². The van der Waals surface area contributed by atoms with E-state index in [1.54, 1.807) is 6.92 Å². The Morgan fingerprint density at radius 1 is 1.35 bits per heavy atom. The fraction of sp³-hybridized carbons (Fsp3) is 0.167. The highest BCUT2D eigenvalue weighted by atomic mass is 19.4. The first-order valence-corrected chi connectivity index (χ1v) is 5.49. The highest BCUT2D eigenvalue weighted by Gasteiger charge is 2.33. The van der Waals surface area contributed by atoms with Crippen LogP contribution < -0.4 is 11.1 Å². The number of rotatable bonds is 2. The summed E-state index contributed by atoms with van der Waals surface area (Å²) in [5, 5.41) is 5.80. The molecule has 0 atom stereocenters. The number of benzene rings is 1. The third-order valence-corrected chi connectivity index (χ3v) is 2.47. The molecule has 5 nitrogen and oxygen atoms in total. The second-order valence-corrected chi connectivity index (χ2v) is 4.09. The van der Waals surface area contributed by atoms with Crippen molar-refractivity contribution in [1.82, 2.24) is 5.16 Å². The van der Waals surface area contributed by atoms with Gasteiger partial charge in [0.25, 0.3) is 5.91 Å². The van der Waals surface area contributed by atoms with Crippen LogP contribution in [0.2, 0.25) is 0 Å². The monoisotopic (exact) mass is 285 g/mol. The molecule has 0 fully saturated rings. The van der Waals surface area contributed by atoms with Gasteiger partial charge in [-0.25, -0.2) is 0 Å². The third-order valence-electron chi connectivity index (χ3n) is 2.47. The number of halogens is 3. The van der Waals surface area contributed by atoms with Crippen molar-refractivity contribution in [2.75, 3.05) is 11.1 Å². The molecular formula is C12H10F3N3O2. The van der Waals surface area contributed by atoms with Gasteiger partial charge in [0.05, 0.1) is 11.3 Å². The largest absolute Gasteiger partial charge is 0.418 e. The molecule has 106 valence electrons. The predicted molar refractivity (Wildman–Crippen MR) is 65.0 cm³/mol. The zero-order chi connectivity index (χ0) is 14.9. The summed E-state index contributed by atoms with van der Waals surface area (Å²) in [6.07, 6.45) is -4.59. The molecule has 0 aliphatic carbocycles. The van der Waals surface area contributed by atoms with Gasteiger partial charge in [-0.15, -0.1) is 0 Å². The molecule has 0 unspecified atom stereocenters. The van der Waals surface area contributed by atoms with Gasteiger partial charge in [-0.3, -0.25) is 4.79 Å². The lowest BCUT2D eigenvalue weighted by Crippen LogP contribution is -2.13. The number of hydrogen-bond donors (Lipinski definition) is 2. The fourth-order valence-corrected chi connectivity index (χ4v) is 1.54. The van der Waals surface area contributed by atoms with Crippen molar-refractivity contribution >= 4 is 17.3 Å². The standard InChI is InChI=1S/C12H10F3N3O2/c1-6-4-10(20-18-6)11(19)17-7-2-3-9(16)8(5-7)12(13,14)15/h2-5H,16H2,1H3,(H,17,19). The first-order valence-electron chi connectivity index (χ1n) is 5.49. The Balaban J connectivity index is 2.24. The molecule has 0 saturated carbocycles. The number of carbonyl (C=O) groups excluding carboxylic acids is 1. The van der Waals surface area contributed by atoms with Crippen LogP contribution >= 0.6 is 0 Å². The number of anilines is 2. The SMILES string of the molecule is Cc1cc(C(=O)Nc2ccc(N)c(C(F)(F)F)c2)on1. The number of nitrogens with two attached hydrogens (primary N) is 1. The number of nitrogen functional groups attached to an aromatic ring is 1. The van der Waals surface area contributed by atoms with Crippen LogP contribution in [0.3, 0.4) is 0 Å². The van der Waals surface area contributed by atoms with E-state index >= 15 is 0 Å². The quantitative estimate of drug-likeness (QED) is 0.831. The maximum Gasteiger partial charge on any atom is 0.418 e. The number of nitrogens with one attached hydrogen (secondary N) is 1. The minimum absolute atomic E-state index is 0.0365. The molecule has 0 aliphatic rings. The van der Waals surface area contributed by atoms with Gasteiger partial charge in [0.15, 0.2) is 0 Å². The molecule has 20 heavy (non-hydrogen) atoms. The van der Waals surface area contributed by atoms with Crippen molar-refractivity contribution in [2.24, 2.45) is 0 Å². The molecule has 8 heteroatoms. The lowest BCUT2D eigenvalue weighted by atomic mass is 10.1. The summed E-state index contributed by atoms with van der Waals surface area (Å²) >= 11 is 0. The number of nitrogens with zero attached hydrogens (tertiary/aromatic N) is 1. The lowest BCUT2D eigenvalue weighted by molar-refractivity contribution is -0.136. The van der Waals surface area contributed by atoms with Crippen LogP contribution in [-0.2, 0) is 6.18 Å². The van der Waals surface area contributed by atoms with Gasteiger partial charge in [-0.05, 0) is 25.1 Å². The summed E-state index contributed by atoms with van der Waals surface area (Å²) in [6, 6.07) is 4.48. The summed E-state index contributed by atoms with van der Waals surface area (Å²) in [4.78, 5) is 11.7. The van der Waals surface area contributed by atoms with E-state index in [9.17, 15) is 18.0 Å². The van der Waals surface area contributed by atoms with Crippen molar-refractivity contribution in [2.45, 2.75) is 13.1 Å². The normalized spacial score (nSPS) is 11.4. The number of alkyl halides is 3. The number of carbonyl (C=O) groups is 1. The van der Waals surface area contributed by atoms with E-state index in [4.69, 9.17) is 10.3 Å². The van der Waals surface area contributed by atoms with Gasteiger partial charge in [0, 0.05) is 17.4 Å². The van der Waals surface area contributed by atoms with Crippen LogP contribution in [0.5, 0.6) is 0 Å². The van der Waals surface area contributed by atoms with Crippen LogP contribution in [0.15, 0.2) is 28.8 Å². The minimum atomic E-state index is -4.59. The van der Waals surface area contributed by atoms with Crippen molar-refractivity contribution in [3.63, 3.8) is 0 Å². The van der Waals surface area contributed by atoms with E-state index in [1.165, 1.54) is 12.1 Å². The van der Waals surface area contributed by atoms with Crippen molar-refractivity contribution in [1.29, 1.82) is 0 Å². The van der Waals surface area contributed by atoms with E-state index < -0.39 is 23.3 Å². The zero-order valence-electron chi connectivity index (χ0n) is 10.3. The Morgan fingerprint density at radius 2 is 2.05 bits per heavy atom. The Hall–Kier alpha value is -2.51. The molecule has 1 amide bonds. The van der Waals surface area contributed by atoms with Crippen LogP contribution in [0.1, 0.15) is 21.8 Å². The van der Waals surface area contributed by atoms with Gasteiger partial charge < -0.3 is 15.6 Å². The summed E-state index contributed by atoms with van der Waals surface area (Å²) in [5.74, 6) is -0.781. The van der Waals surface area contributed by atoms with Crippen LogP contribution in [0.4, 0.5) is 24.5 Å². The smallest absolute Gasteiger partial charge is 0.398 e. The maximum atomic E-state index is 12.7. The number of aromatic nitrogens is 1. The van der Waals surface area contributed by atoms with Crippen LogP contribution in [0.25, 0.3) is 0 Å². The highest BCUT2D eigenvalue weighted by Crippen LogP contribution is 2.35. The van der Waals surface area contributed by atoms with Gasteiger partial charge in [0.2, 0.25) is 5.76 Å². The summed E-state index contributed by atoms with van der Waals surface area (Å²) < 4.78 is 42.7. The molecule has 1 aromatic heterocycles. The summed E-state index contributed by atoms with van der Waals surface area (Å²) in [7, 11) is 0.